The fraction of sp³-hybridized carbons (Fsp3) is 0.435. The van der Waals surface area contributed by atoms with Gasteiger partial charge in [-0.15, -0.1) is 0 Å². The van der Waals surface area contributed by atoms with Crippen molar-refractivity contribution in [1.82, 2.24) is 14.7 Å². The van der Waals surface area contributed by atoms with Gasteiger partial charge in [0, 0.05) is 37.0 Å². The average Bonchev–Trinajstić information content (AvgIpc) is 2.99. The molecule has 1 amide bonds. The zero-order chi connectivity index (χ0) is 20.3. The first-order chi connectivity index (χ1) is 13.4. The number of likely N-dealkylation sites (tertiary alicyclic amines) is 1. The lowest BCUT2D eigenvalue weighted by Gasteiger charge is -2.40. The van der Waals surface area contributed by atoms with Crippen molar-refractivity contribution in [3.8, 4) is 0 Å². The van der Waals surface area contributed by atoms with Gasteiger partial charge in [0.15, 0.2) is 0 Å². The van der Waals surface area contributed by atoms with Gasteiger partial charge in [0.1, 0.15) is 5.78 Å². The van der Waals surface area contributed by atoms with Crippen LogP contribution in [0.1, 0.15) is 49.2 Å². The SMILES string of the molecule is CCn1nc(C)c(C=CC(=O)N2CCC(C(C)=O)(c3ccccc3)CC2)c1C. The molecular weight excluding hydrogens is 350 g/mol. The Morgan fingerprint density at radius 1 is 1.14 bits per heavy atom. The van der Waals surface area contributed by atoms with Crippen LogP contribution in [0.5, 0.6) is 0 Å². The molecule has 28 heavy (non-hydrogen) atoms. The molecule has 0 spiro atoms. The Balaban J connectivity index is 1.72. The standard InChI is InChI=1S/C23H29N3O2/c1-5-26-18(3)21(17(2)24-26)11-12-22(28)25-15-13-23(14-16-25,19(4)27)20-9-7-6-8-10-20/h6-12H,5,13-16H2,1-4H3. The number of hydrogen-bond acceptors (Lipinski definition) is 3. The van der Waals surface area contributed by atoms with Crippen molar-refractivity contribution >= 4 is 17.8 Å². The van der Waals surface area contributed by atoms with Gasteiger partial charge in [-0.2, -0.15) is 5.10 Å². The van der Waals surface area contributed by atoms with Gasteiger partial charge >= 0.3 is 0 Å². The Morgan fingerprint density at radius 3 is 2.32 bits per heavy atom. The zero-order valence-corrected chi connectivity index (χ0v) is 17.2. The molecule has 0 unspecified atom stereocenters. The number of ketones is 1. The molecule has 0 atom stereocenters. The number of hydrogen-bond donors (Lipinski definition) is 0. The highest BCUT2D eigenvalue weighted by Crippen LogP contribution is 2.36. The molecule has 0 N–H and O–H groups in total. The van der Waals surface area contributed by atoms with Gasteiger partial charge in [-0.05, 0) is 52.2 Å². The Bertz CT molecular complexity index is 888. The number of amides is 1. The van der Waals surface area contributed by atoms with E-state index >= 15 is 0 Å². The van der Waals surface area contributed by atoms with Gasteiger partial charge in [0.05, 0.1) is 11.1 Å². The molecule has 2 aromatic rings. The minimum atomic E-state index is -0.475. The topological polar surface area (TPSA) is 55.2 Å². The number of piperidine rings is 1. The molecule has 1 aliphatic rings. The second kappa shape index (κ2) is 8.13. The normalized spacial score (nSPS) is 16.5. The van der Waals surface area contributed by atoms with Gasteiger partial charge in [0.25, 0.3) is 0 Å². The molecule has 1 fully saturated rings. The number of carbonyl (C=O) groups excluding carboxylic acids is 2. The maximum absolute atomic E-state index is 12.7. The number of aromatic nitrogens is 2. The summed E-state index contributed by atoms with van der Waals surface area (Å²) in [5, 5.41) is 4.49. The minimum absolute atomic E-state index is 0.00624. The monoisotopic (exact) mass is 379 g/mol. The lowest BCUT2D eigenvalue weighted by molar-refractivity contribution is -0.131. The van der Waals surface area contributed by atoms with Crippen molar-refractivity contribution in [3.63, 3.8) is 0 Å². The maximum atomic E-state index is 12.7. The van der Waals surface area contributed by atoms with Crippen LogP contribution in [-0.2, 0) is 21.5 Å². The summed E-state index contributed by atoms with van der Waals surface area (Å²) in [7, 11) is 0. The van der Waals surface area contributed by atoms with E-state index in [-0.39, 0.29) is 11.7 Å². The molecule has 0 saturated carbocycles. The van der Waals surface area contributed by atoms with Crippen LogP contribution in [0.25, 0.3) is 6.08 Å². The van der Waals surface area contributed by atoms with E-state index in [9.17, 15) is 9.59 Å². The first kappa shape index (κ1) is 20.1. The van der Waals surface area contributed by atoms with Crippen molar-refractivity contribution in [2.24, 2.45) is 0 Å². The number of rotatable bonds is 5. The molecule has 148 valence electrons. The van der Waals surface area contributed by atoms with Crippen LogP contribution < -0.4 is 0 Å². The summed E-state index contributed by atoms with van der Waals surface area (Å²) in [6, 6.07) is 9.96. The van der Waals surface area contributed by atoms with E-state index in [4.69, 9.17) is 0 Å². The summed E-state index contributed by atoms with van der Waals surface area (Å²) in [6.45, 7) is 9.70. The Kier molecular flexibility index (Phi) is 5.82. The van der Waals surface area contributed by atoms with E-state index in [1.54, 1.807) is 13.0 Å². The van der Waals surface area contributed by atoms with Crippen molar-refractivity contribution in [3.05, 3.63) is 58.9 Å². The lowest BCUT2D eigenvalue weighted by atomic mass is 9.70. The van der Waals surface area contributed by atoms with E-state index in [0.717, 1.165) is 29.1 Å². The van der Waals surface area contributed by atoms with Gasteiger partial charge in [-0.3, -0.25) is 14.3 Å². The molecule has 0 radical (unpaired) electrons. The van der Waals surface area contributed by atoms with Crippen molar-refractivity contribution in [2.75, 3.05) is 13.1 Å². The van der Waals surface area contributed by atoms with Crippen LogP contribution in [0, 0.1) is 13.8 Å². The van der Waals surface area contributed by atoms with E-state index in [1.807, 2.05) is 59.8 Å². The molecular formula is C23H29N3O2. The largest absolute Gasteiger partial charge is 0.339 e. The molecule has 5 heteroatoms. The number of Topliss-reactive ketones (excluding diaryl/α,β-unsaturated/α-hetero) is 1. The van der Waals surface area contributed by atoms with Crippen LogP contribution in [0.4, 0.5) is 0 Å². The molecule has 2 heterocycles. The Hall–Kier alpha value is -2.69. The van der Waals surface area contributed by atoms with E-state index in [0.29, 0.717) is 25.9 Å². The predicted molar refractivity (Wildman–Crippen MR) is 111 cm³/mol. The van der Waals surface area contributed by atoms with Crippen LogP contribution >= 0.6 is 0 Å². The second-order valence-electron chi connectivity index (χ2n) is 7.56. The average molecular weight is 380 g/mol. The first-order valence-corrected chi connectivity index (χ1v) is 9.96. The highest BCUT2D eigenvalue weighted by Gasteiger charge is 2.40. The maximum Gasteiger partial charge on any atom is 0.246 e. The van der Waals surface area contributed by atoms with E-state index in [2.05, 4.69) is 12.0 Å². The van der Waals surface area contributed by atoms with Crippen LogP contribution in [0.3, 0.4) is 0 Å². The van der Waals surface area contributed by atoms with Crippen molar-refractivity contribution < 1.29 is 9.59 Å². The van der Waals surface area contributed by atoms with E-state index < -0.39 is 5.41 Å². The quantitative estimate of drug-likeness (QED) is 0.745. The van der Waals surface area contributed by atoms with Gasteiger partial charge < -0.3 is 4.90 Å². The fourth-order valence-corrected chi connectivity index (χ4v) is 4.23. The van der Waals surface area contributed by atoms with Crippen molar-refractivity contribution in [2.45, 2.75) is 52.5 Å². The molecule has 0 aliphatic carbocycles. The first-order valence-electron chi connectivity index (χ1n) is 9.96. The minimum Gasteiger partial charge on any atom is -0.339 e. The highest BCUT2D eigenvalue weighted by molar-refractivity contribution is 5.93. The highest BCUT2D eigenvalue weighted by atomic mass is 16.2. The Labute approximate surface area is 167 Å². The zero-order valence-electron chi connectivity index (χ0n) is 17.2. The molecule has 3 rings (SSSR count). The second-order valence-corrected chi connectivity index (χ2v) is 7.56. The predicted octanol–water partition coefficient (Wildman–Crippen LogP) is 3.68. The summed E-state index contributed by atoms with van der Waals surface area (Å²) in [5.74, 6) is 0.174. The number of nitrogens with zero attached hydrogens (tertiary/aromatic N) is 3. The molecule has 5 nitrogen and oxygen atoms in total. The van der Waals surface area contributed by atoms with E-state index in [1.165, 1.54) is 0 Å². The summed E-state index contributed by atoms with van der Waals surface area (Å²) >= 11 is 0. The third-order valence-electron chi connectivity index (χ3n) is 6.06. The molecule has 1 aromatic carbocycles. The van der Waals surface area contributed by atoms with Crippen molar-refractivity contribution in [1.29, 1.82) is 0 Å². The third kappa shape index (κ3) is 3.66. The lowest BCUT2D eigenvalue weighted by Crippen LogP contribution is -2.48. The molecule has 1 aliphatic heterocycles. The molecule has 1 aromatic heterocycles. The smallest absolute Gasteiger partial charge is 0.246 e. The van der Waals surface area contributed by atoms with Gasteiger partial charge in [-0.1, -0.05) is 30.3 Å². The van der Waals surface area contributed by atoms with Crippen LogP contribution in [0.2, 0.25) is 0 Å². The summed E-state index contributed by atoms with van der Waals surface area (Å²) in [4.78, 5) is 27.0. The molecule has 0 bridgehead atoms. The summed E-state index contributed by atoms with van der Waals surface area (Å²) < 4.78 is 1.95. The number of benzene rings is 1. The van der Waals surface area contributed by atoms with Gasteiger partial charge in [-0.25, -0.2) is 0 Å². The number of aryl methyl sites for hydroxylation is 2. The third-order valence-corrected chi connectivity index (χ3v) is 6.06. The number of carbonyl (C=O) groups is 2. The van der Waals surface area contributed by atoms with Gasteiger partial charge in [0.2, 0.25) is 5.91 Å². The van der Waals surface area contributed by atoms with Crippen LogP contribution in [0.15, 0.2) is 36.4 Å². The Morgan fingerprint density at radius 2 is 1.79 bits per heavy atom. The fourth-order valence-electron chi connectivity index (χ4n) is 4.23. The summed E-state index contributed by atoms with van der Waals surface area (Å²) in [5.41, 5.74) is 3.60. The molecule has 1 saturated heterocycles. The summed E-state index contributed by atoms with van der Waals surface area (Å²) in [6.07, 6.45) is 4.84. The van der Waals surface area contributed by atoms with Crippen LogP contribution in [-0.4, -0.2) is 39.5 Å².